The van der Waals surface area contributed by atoms with Crippen LogP contribution in [0, 0.1) is 11.6 Å². The van der Waals surface area contributed by atoms with Gasteiger partial charge in [-0.25, -0.2) is 0 Å². The molecule has 0 saturated carbocycles. The fourth-order valence-electron chi connectivity index (χ4n) is 3.76. The molecule has 1 saturated heterocycles. The third-order valence-corrected chi connectivity index (χ3v) is 6.73. The molecule has 178 valence electrons. The Morgan fingerprint density at radius 3 is 2.59 bits per heavy atom. The number of benzene rings is 2. The predicted molar refractivity (Wildman–Crippen MR) is 130 cm³/mol. The first-order valence-electron chi connectivity index (χ1n) is 11.0. The average Bonchev–Trinajstić information content (AvgIpc) is 3.30. The van der Waals surface area contributed by atoms with Gasteiger partial charge in [0.2, 0.25) is 0 Å². The molecule has 1 aliphatic rings. The molecule has 3 aromatic rings. The zero-order chi connectivity index (χ0) is 23.9. The molecule has 9 heteroatoms. The highest BCUT2D eigenvalue weighted by Crippen LogP contribution is 2.24. The number of morpholine rings is 1. The second-order valence-corrected chi connectivity index (χ2v) is 9.75. The number of ether oxygens (including phenoxy) is 1. The van der Waals surface area contributed by atoms with E-state index in [1.54, 1.807) is 17.0 Å². The van der Waals surface area contributed by atoms with Gasteiger partial charge in [0, 0.05) is 43.6 Å². The van der Waals surface area contributed by atoms with Crippen LogP contribution in [0.25, 0.3) is 0 Å². The van der Waals surface area contributed by atoms with Crippen molar-refractivity contribution >= 4 is 34.5 Å². The molecule has 0 aliphatic carbocycles. The fourth-order valence-corrected chi connectivity index (χ4v) is 4.75. The van der Waals surface area contributed by atoms with Gasteiger partial charge in [-0.15, -0.1) is 0 Å². The Bertz CT molecular complexity index is 1110. The van der Waals surface area contributed by atoms with Gasteiger partial charge in [0.15, 0.2) is 11.6 Å². The van der Waals surface area contributed by atoms with E-state index in [9.17, 15) is 14.7 Å². The summed E-state index contributed by atoms with van der Waals surface area (Å²) in [6.07, 6.45) is -0.781. The maximum atomic E-state index is 12.3. The monoisotopic (exact) mass is 500 g/mol. The van der Waals surface area contributed by atoms with Gasteiger partial charge in [0.05, 0.1) is 17.6 Å². The Hall–Kier alpha value is -2.91. The molecule has 1 atom stereocenters. The number of carbonyl (C=O) groups excluding carboxylic acids is 2. The second kappa shape index (κ2) is 11.5. The van der Waals surface area contributed by atoms with Gasteiger partial charge in [-0.3, -0.25) is 9.59 Å². The highest BCUT2D eigenvalue weighted by Gasteiger charge is 2.21. The summed E-state index contributed by atoms with van der Waals surface area (Å²) in [4.78, 5) is 28.8. The Kier molecular flexibility index (Phi) is 8.18. The molecule has 2 N–H and O–H groups in total. The first-order chi connectivity index (χ1) is 16.5. The number of amides is 2. The zero-order valence-corrected chi connectivity index (χ0v) is 20.2. The molecule has 1 fully saturated rings. The summed E-state index contributed by atoms with van der Waals surface area (Å²) in [5.41, 5.74) is 2.83. The van der Waals surface area contributed by atoms with Gasteiger partial charge < -0.3 is 25.0 Å². The quantitative estimate of drug-likeness (QED) is 0.472. The van der Waals surface area contributed by atoms with E-state index in [-0.39, 0.29) is 25.0 Å². The third kappa shape index (κ3) is 6.36. The van der Waals surface area contributed by atoms with Crippen molar-refractivity contribution in [3.8, 4) is 0 Å². The van der Waals surface area contributed by atoms with Crippen molar-refractivity contribution in [2.45, 2.75) is 12.6 Å². The van der Waals surface area contributed by atoms with E-state index in [0.717, 1.165) is 16.9 Å². The number of anilines is 2. The largest absolute Gasteiger partial charge is 0.389 e. The van der Waals surface area contributed by atoms with Crippen molar-refractivity contribution in [1.29, 1.82) is 0 Å². The average molecular weight is 501 g/mol. The fraction of sp³-hybridized carbons (Fsp3) is 0.280. The molecule has 2 heterocycles. The van der Waals surface area contributed by atoms with Crippen LogP contribution in [0.3, 0.4) is 0 Å². The van der Waals surface area contributed by atoms with Crippen LogP contribution >= 0.6 is 11.3 Å². The molecule has 4 rings (SSSR count). The lowest BCUT2D eigenvalue weighted by atomic mass is 10.1. The summed E-state index contributed by atoms with van der Waals surface area (Å²) in [5.74, 6) is -0.297. The molecule has 34 heavy (non-hydrogen) atoms. The lowest BCUT2D eigenvalue weighted by molar-refractivity contribution is -0.281. The molecule has 0 bridgehead atoms. The molecule has 0 spiro atoms. The van der Waals surface area contributed by atoms with E-state index in [1.165, 1.54) is 11.3 Å². The summed E-state index contributed by atoms with van der Waals surface area (Å²) in [5, 5.41) is 13.5. The van der Waals surface area contributed by atoms with Crippen LogP contribution in [0.4, 0.5) is 11.4 Å². The van der Waals surface area contributed by atoms with Crippen LogP contribution in [0.2, 0.25) is 4.34 Å². The standard InChI is InChI=1S/C25H26ClN3O4S/c26-23-11-10-22(34-23)25(32)27-14-21(30)16-28(15-18-4-2-1-3-5-18)19-6-8-20(9-7-19)29-12-13-33-17-24(29)31/h1-11,21,26,30H,12-17H2/p+1/t21-/m0/s1. The number of nitrogens with zero attached hydrogens (tertiary/aromatic N) is 2. The van der Waals surface area contributed by atoms with E-state index in [4.69, 9.17) is 16.3 Å². The van der Waals surface area contributed by atoms with Gasteiger partial charge in [0.1, 0.15) is 6.61 Å². The highest BCUT2D eigenvalue weighted by atomic mass is 35.5. The lowest BCUT2D eigenvalue weighted by Crippen LogP contribution is -2.41. The number of rotatable bonds is 9. The van der Waals surface area contributed by atoms with E-state index < -0.39 is 6.10 Å². The normalized spacial score (nSPS) is 14.6. The number of aliphatic hydroxyl groups excluding tert-OH is 1. The minimum absolute atomic E-state index is 0.0554. The molecule has 0 radical (unpaired) electrons. The van der Waals surface area contributed by atoms with Crippen LogP contribution in [0.15, 0.2) is 66.7 Å². The number of hydrogen-bond donors (Lipinski definition) is 2. The van der Waals surface area contributed by atoms with Crippen molar-refractivity contribution in [1.82, 2.24) is 5.32 Å². The number of hydrogen-bond acceptors (Lipinski definition) is 6. The minimum atomic E-state index is -0.781. The first-order valence-corrected chi connectivity index (χ1v) is 12.2. The molecule has 2 amide bonds. The summed E-state index contributed by atoms with van der Waals surface area (Å²) >= 11 is 6.32. The Balaban J connectivity index is 1.44. The molecular formula is C25H27ClN3O4S+. The predicted octanol–water partition coefficient (Wildman–Crippen LogP) is 2.61. The van der Waals surface area contributed by atoms with E-state index in [1.807, 2.05) is 54.6 Å². The van der Waals surface area contributed by atoms with Crippen molar-refractivity contribution in [3.63, 3.8) is 0 Å². The van der Waals surface area contributed by atoms with Crippen molar-refractivity contribution < 1.29 is 31.0 Å². The van der Waals surface area contributed by atoms with Gasteiger partial charge in [0.25, 0.3) is 16.2 Å². The van der Waals surface area contributed by atoms with Crippen molar-refractivity contribution in [2.24, 2.45) is 0 Å². The van der Waals surface area contributed by atoms with Crippen LogP contribution in [0.5, 0.6) is 0 Å². The topological polar surface area (TPSA) is 82.1 Å². The maximum Gasteiger partial charge on any atom is 0.280 e. The Morgan fingerprint density at radius 1 is 1.15 bits per heavy atom. The van der Waals surface area contributed by atoms with Crippen LogP contribution in [0.1, 0.15) is 15.2 Å². The highest BCUT2D eigenvalue weighted by molar-refractivity contribution is 7.13. The summed E-state index contributed by atoms with van der Waals surface area (Å²) in [6, 6.07) is 21.1. The van der Waals surface area contributed by atoms with E-state index in [0.29, 0.717) is 35.5 Å². The van der Waals surface area contributed by atoms with Gasteiger partial charge >= 0.3 is 0 Å². The number of thiophene rings is 1. The smallest absolute Gasteiger partial charge is 0.280 e. The molecule has 0 unspecified atom stereocenters. The van der Waals surface area contributed by atoms with Gasteiger partial charge in [-0.2, -0.15) is 0 Å². The summed E-state index contributed by atoms with van der Waals surface area (Å²) in [7, 11) is 0. The number of carbonyl (C=O) groups is 2. The van der Waals surface area contributed by atoms with Crippen LogP contribution < -0.4 is 15.1 Å². The molecular weight excluding hydrogens is 474 g/mol. The van der Waals surface area contributed by atoms with Crippen LogP contribution in [-0.2, 0) is 16.1 Å². The van der Waals surface area contributed by atoms with Crippen molar-refractivity contribution in [3.05, 3.63) is 81.5 Å². The molecule has 1 aliphatic heterocycles. The second-order valence-electron chi connectivity index (χ2n) is 7.96. The zero-order valence-electron chi connectivity index (χ0n) is 18.6. The lowest BCUT2D eigenvalue weighted by Gasteiger charge is -2.30. The van der Waals surface area contributed by atoms with E-state index in [2.05, 4.69) is 10.2 Å². The maximum absolute atomic E-state index is 12.3. The summed E-state index contributed by atoms with van der Waals surface area (Å²) in [6.45, 7) is 2.17. The Labute approximate surface area is 207 Å². The number of halogens is 1. The molecule has 7 nitrogen and oxygen atoms in total. The minimum Gasteiger partial charge on any atom is -0.389 e. The first kappa shape index (κ1) is 24.2. The SMILES string of the molecule is O=C(NC[C@H](O)CN(Cc1ccccc1)c1ccc(N2CCOCC2=O)cc1)c1ccc([ClH+])s1. The Morgan fingerprint density at radius 2 is 1.91 bits per heavy atom. The third-order valence-electron chi connectivity index (χ3n) is 5.46. The van der Waals surface area contributed by atoms with Crippen molar-refractivity contribution in [2.75, 3.05) is 42.6 Å². The van der Waals surface area contributed by atoms with Crippen LogP contribution in [-0.4, -0.2) is 55.9 Å². The van der Waals surface area contributed by atoms with E-state index >= 15 is 0 Å². The number of nitrogens with one attached hydrogen (secondary N) is 1. The molecule has 2 aromatic carbocycles. The number of aliphatic hydroxyl groups is 1. The van der Waals surface area contributed by atoms with Gasteiger partial charge in [-0.05, 0) is 35.9 Å². The van der Waals surface area contributed by atoms with Gasteiger partial charge in [-0.1, -0.05) is 41.7 Å². The molecule has 1 aromatic heterocycles. The summed E-state index contributed by atoms with van der Waals surface area (Å²) < 4.78 is 5.87.